The zero-order chi connectivity index (χ0) is 27.5. The van der Waals surface area contributed by atoms with E-state index in [9.17, 15) is 4.79 Å². The molecule has 5 rings (SSSR count). The molecule has 1 saturated heterocycles. The maximum absolute atomic E-state index is 13.0. The molecule has 39 heavy (non-hydrogen) atoms. The molecule has 1 amide bonds. The molecule has 1 fully saturated rings. The van der Waals surface area contributed by atoms with Gasteiger partial charge in [0.15, 0.2) is 5.11 Å². The SMILES string of the molecule is COc1ccc(-n2c(C)cc([C@@H]3[C@H](c4ccccn4)NC(=S)N3CCC(=O)Nc3ccccc3C)c2C)cc1. The number of hydrogen-bond acceptors (Lipinski definition) is 4. The minimum Gasteiger partial charge on any atom is -0.497 e. The molecule has 2 N–H and O–H groups in total. The highest BCUT2D eigenvalue weighted by atomic mass is 32.1. The lowest BCUT2D eigenvalue weighted by Crippen LogP contribution is -2.33. The predicted octanol–water partition coefficient (Wildman–Crippen LogP) is 5.81. The van der Waals surface area contributed by atoms with Gasteiger partial charge in [0.05, 0.1) is 24.9 Å². The Kier molecular flexibility index (Phi) is 7.65. The van der Waals surface area contributed by atoms with Crippen molar-refractivity contribution >= 4 is 28.9 Å². The summed E-state index contributed by atoms with van der Waals surface area (Å²) in [6.07, 6.45) is 2.11. The standard InChI is InChI=1S/C31H33N5O2S/c1-20-9-5-6-10-26(20)33-28(37)16-18-35-30(29(34-31(35)39)27-11-7-8-17-32-27)25-19-21(2)36(22(25)3)23-12-14-24(38-4)15-13-23/h5-15,17,19,29-30H,16,18H2,1-4H3,(H,33,37)(H,34,39)/t29-,30+/m0/s1. The van der Waals surface area contributed by atoms with Gasteiger partial charge in [0, 0.05) is 41.9 Å². The number of carbonyl (C=O) groups is 1. The summed E-state index contributed by atoms with van der Waals surface area (Å²) in [4.78, 5) is 19.7. The summed E-state index contributed by atoms with van der Waals surface area (Å²) in [5.41, 5.74) is 7.20. The number of ether oxygens (including phenoxy) is 1. The smallest absolute Gasteiger partial charge is 0.226 e. The summed E-state index contributed by atoms with van der Waals surface area (Å²) in [5.74, 6) is 0.771. The lowest BCUT2D eigenvalue weighted by atomic mass is 9.96. The van der Waals surface area contributed by atoms with Crippen LogP contribution in [-0.4, -0.2) is 39.1 Å². The van der Waals surface area contributed by atoms with Gasteiger partial charge in [0.25, 0.3) is 0 Å². The third kappa shape index (κ3) is 5.38. The highest BCUT2D eigenvalue weighted by Crippen LogP contribution is 2.41. The largest absolute Gasteiger partial charge is 0.497 e. The van der Waals surface area contributed by atoms with Gasteiger partial charge in [-0.05, 0) is 92.6 Å². The molecule has 2 aromatic carbocycles. The first-order valence-electron chi connectivity index (χ1n) is 13.0. The molecule has 0 saturated carbocycles. The van der Waals surface area contributed by atoms with Crippen LogP contribution in [-0.2, 0) is 4.79 Å². The fraction of sp³-hybridized carbons (Fsp3) is 0.258. The van der Waals surface area contributed by atoms with Crippen molar-refractivity contribution in [2.75, 3.05) is 19.0 Å². The van der Waals surface area contributed by atoms with Crippen molar-refractivity contribution in [1.82, 2.24) is 19.8 Å². The van der Waals surface area contributed by atoms with E-state index < -0.39 is 0 Å². The molecular weight excluding hydrogens is 506 g/mol. The summed E-state index contributed by atoms with van der Waals surface area (Å²) in [7, 11) is 1.67. The predicted molar refractivity (Wildman–Crippen MR) is 158 cm³/mol. The van der Waals surface area contributed by atoms with Crippen LogP contribution < -0.4 is 15.4 Å². The van der Waals surface area contributed by atoms with Crippen LogP contribution in [0.5, 0.6) is 5.75 Å². The van der Waals surface area contributed by atoms with Gasteiger partial charge in [-0.25, -0.2) is 0 Å². The molecule has 7 nitrogen and oxygen atoms in total. The number of thiocarbonyl (C=S) groups is 1. The number of amides is 1. The minimum atomic E-state index is -0.150. The van der Waals surface area contributed by atoms with Crippen molar-refractivity contribution in [3.05, 3.63) is 107 Å². The highest BCUT2D eigenvalue weighted by Gasteiger charge is 2.41. The van der Waals surface area contributed by atoms with Gasteiger partial charge in [-0.1, -0.05) is 24.3 Å². The van der Waals surface area contributed by atoms with E-state index in [1.54, 1.807) is 13.3 Å². The fourth-order valence-electron chi connectivity index (χ4n) is 5.35. The Bertz CT molecular complexity index is 1480. The van der Waals surface area contributed by atoms with Crippen molar-refractivity contribution in [2.24, 2.45) is 0 Å². The Hall–Kier alpha value is -4.17. The number of methoxy groups -OCH3 is 1. The van der Waals surface area contributed by atoms with Crippen LogP contribution in [0.1, 0.15) is 46.7 Å². The van der Waals surface area contributed by atoms with E-state index in [1.807, 2.05) is 61.5 Å². The molecule has 8 heteroatoms. The molecule has 4 aromatic rings. The van der Waals surface area contributed by atoms with Crippen LogP contribution in [0.4, 0.5) is 5.69 Å². The van der Waals surface area contributed by atoms with Gasteiger partial charge in [-0.2, -0.15) is 0 Å². The fourth-order valence-corrected chi connectivity index (χ4v) is 5.68. The zero-order valence-electron chi connectivity index (χ0n) is 22.6. The number of rotatable bonds is 8. The van der Waals surface area contributed by atoms with Gasteiger partial charge in [-0.15, -0.1) is 0 Å². The zero-order valence-corrected chi connectivity index (χ0v) is 23.5. The minimum absolute atomic E-state index is 0.0455. The van der Waals surface area contributed by atoms with Gasteiger partial charge in [0.1, 0.15) is 5.75 Å². The molecule has 0 radical (unpaired) electrons. The van der Waals surface area contributed by atoms with Crippen LogP contribution in [0, 0.1) is 20.8 Å². The summed E-state index contributed by atoms with van der Waals surface area (Å²) in [5, 5.41) is 7.16. The van der Waals surface area contributed by atoms with Crippen molar-refractivity contribution in [2.45, 2.75) is 39.3 Å². The average Bonchev–Trinajstić information content (AvgIpc) is 3.43. The first-order chi connectivity index (χ1) is 18.9. The molecule has 1 aliphatic heterocycles. The summed E-state index contributed by atoms with van der Waals surface area (Å²) < 4.78 is 7.60. The molecule has 2 aromatic heterocycles. The highest BCUT2D eigenvalue weighted by molar-refractivity contribution is 7.80. The second kappa shape index (κ2) is 11.3. The van der Waals surface area contributed by atoms with E-state index in [0.29, 0.717) is 18.1 Å². The van der Waals surface area contributed by atoms with E-state index >= 15 is 0 Å². The quantitative estimate of drug-likeness (QED) is 0.276. The first-order valence-corrected chi connectivity index (χ1v) is 13.4. The number of carbonyl (C=O) groups excluding carboxylic acids is 1. The number of nitrogens with one attached hydrogen (secondary N) is 2. The molecule has 0 spiro atoms. The molecule has 0 aliphatic carbocycles. The molecule has 1 aliphatic rings. The summed E-state index contributed by atoms with van der Waals surface area (Å²) >= 11 is 5.84. The average molecular weight is 540 g/mol. The normalized spacial score (nSPS) is 16.7. The number of benzene rings is 2. The lowest BCUT2D eigenvalue weighted by molar-refractivity contribution is -0.116. The van der Waals surface area contributed by atoms with Crippen molar-refractivity contribution in [3.63, 3.8) is 0 Å². The van der Waals surface area contributed by atoms with Gasteiger partial charge < -0.3 is 24.8 Å². The Balaban J connectivity index is 1.47. The van der Waals surface area contributed by atoms with Crippen molar-refractivity contribution < 1.29 is 9.53 Å². The number of para-hydroxylation sites is 1. The molecule has 200 valence electrons. The van der Waals surface area contributed by atoms with Gasteiger partial charge in [-0.3, -0.25) is 9.78 Å². The van der Waals surface area contributed by atoms with Crippen molar-refractivity contribution in [3.8, 4) is 11.4 Å². The van der Waals surface area contributed by atoms with E-state index in [4.69, 9.17) is 17.0 Å². The first kappa shape index (κ1) is 26.4. The Morgan fingerprint density at radius 1 is 1.05 bits per heavy atom. The molecule has 2 atom stereocenters. The number of aryl methyl sites for hydroxylation is 2. The monoisotopic (exact) mass is 539 g/mol. The third-order valence-electron chi connectivity index (χ3n) is 7.32. The van der Waals surface area contributed by atoms with Gasteiger partial charge >= 0.3 is 0 Å². The van der Waals surface area contributed by atoms with Gasteiger partial charge in [0.2, 0.25) is 5.91 Å². The Morgan fingerprint density at radius 3 is 2.49 bits per heavy atom. The second-order valence-corrected chi connectivity index (χ2v) is 10.2. The van der Waals surface area contributed by atoms with Crippen LogP contribution in [0.15, 0.2) is 79.0 Å². The molecular formula is C31H33N5O2S. The van der Waals surface area contributed by atoms with E-state index in [2.05, 4.69) is 57.1 Å². The number of aromatic nitrogens is 2. The van der Waals surface area contributed by atoms with Crippen LogP contribution in [0.25, 0.3) is 5.69 Å². The second-order valence-electron chi connectivity index (χ2n) is 9.79. The van der Waals surface area contributed by atoms with Crippen LogP contribution >= 0.6 is 12.2 Å². The number of hydrogen-bond donors (Lipinski definition) is 2. The Morgan fingerprint density at radius 2 is 1.79 bits per heavy atom. The number of anilines is 1. The maximum Gasteiger partial charge on any atom is 0.226 e. The number of pyridine rings is 1. The van der Waals surface area contributed by atoms with E-state index in [1.165, 1.54) is 0 Å². The van der Waals surface area contributed by atoms with E-state index in [0.717, 1.165) is 45.3 Å². The third-order valence-corrected chi connectivity index (χ3v) is 7.67. The van der Waals surface area contributed by atoms with Crippen molar-refractivity contribution in [1.29, 1.82) is 0 Å². The summed E-state index contributed by atoms with van der Waals surface area (Å²) in [6.45, 7) is 6.70. The Labute approximate surface area is 234 Å². The van der Waals surface area contributed by atoms with E-state index in [-0.39, 0.29) is 18.0 Å². The topological polar surface area (TPSA) is 71.4 Å². The molecule has 3 heterocycles. The molecule has 0 bridgehead atoms. The summed E-state index contributed by atoms with van der Waals surface area (Å²) in [6, 6.07) is 23.7. The maximum atomic E-state index is 13.0. The lowest BCUT2D eigenvalue weighted by Gasteiger charge is -2.28. The molecule has 0 unspecified atom stereocenters. The number of nitrogens with zero attached hydrogens (tertiary/aromatic N) is 3. The van der Waals surface area contributed by atoms with Crippen LogP contribution in [0.2, 0.25) is 0 Å². The van der Waals surface area contributed by atoms with Crippen LogP contribution in [0.3, 0.4) is 0 Å².